The average molecular weight is 747 g/mol. The first-order valence-corrected chi connectivity index (χ1v) is 20.1. The number of fused-ring (bicyclic) bond motifs is 7. The number of para-hydroxylation sites is 2. The molecule has 11 rings (SSSR count). The first-order valence-electron chi connectivity index (χ1n) is 20.1. The minimum absolute atomic E-state index is 0.271. The van der Waals surface area contributed by atoms with E-state index in [1.165, 1.54) is 82.8 Å². The Bertz CT molecular complexity index is 3140. The number of pyridine rings is 1. The maximum absolute atomic E-state index is 4.57. The lowest BCUT2D eigenvalue weighted by atomic mass is 9.73. The molecule has 3 heterocycles. The quantitative estimate of drug-likeness (QED) is 0.164. The zero-order valence-corrected chi connectivity index (χ0v) is 33.1. The lowest BCUT2D eigenvalue weighted by Crippen LogP contribution is -2.31. The fourth-order valence-corrected chi connectivity index (χ4v) is 9.67. The highest BCUT2D eigenvalue weighted by atomic mass is 15.2. The number of anilines is 6. The summed E-state index contributed by atoms with van der Waals surface area (Å²) in [7, 11) is 0. The van der Waals surface area contributed by atoms with Crippen LogP contribution in [0.25, 0.3) is 49.0 Å². The molecule has 0 atom stereocenters. The predicted molar refractivity (Wildman–Crippen MR) is 245 cm³/mol. The first-order chi connectivity index (χ1) is 28.4. The van der Waals surface area contributed by atoms with Crippen molar-refractivity contribution in [3.05, 3.63) is 205 Å². The van der Waals surface area contributed by atoms with E-state index >= 15 is 0 Å². The maximum Gasteiger partial charge on any atom is 0.0645 e. The summed E-state index contributed by atoms with van der Waals surface area (Å²) in [6.07, 6.45) is 3.82. The molecule has 58 heavy (non-hydrogen) atoms. The first kappa shape index (κ1) is 34.1. The van der Waals surface area contributed by atoms with Gasteiger partial charge in [0.05, 0.1) is 45.7 Å². The van der Waals surface area contributed by atoms with Crippen LogP contribution in [0.4, 0.5) is 34.1 Å². The Morgan fingerprint density at radius 3 is 1.72 bits per heavy atom. The number of aryl methyl sites for hydroxylation is 2. The van der Waals surface area contributed by atoms with Crippen molar-refractivity contribution in [1.82, 2.24) is 9.55 Å². The van der Waals surface area contributed by atoms with E-state index in [0.29, 0.717) is 0 Å². The Morgan fingerprint density at radius 1 is 0.483 bits per heavy atom. The van der Waals surface area contributed by atoms with Crippen LogP contribution in [0.2, 0.25) is 0 Å². The molecule has 0 unspecified atom stereocenters. The monoisotopic (exact) mass is 746 g/mol. The molecule has 1 aliphatic heterocycles. The van der Waals surface area contributed by atoms with Crippen molar-refractivity contribution in [1.29, 1.82) is 0 Å². The minimum Gasteiger partial charge on any atom is -0.309 e. The third kappa shape index (κ3) is 5.04. The predicted octanol–water partition coefficient (Wildman–Crippen LogP) is 14.7. The van der Waals surface area contributed by atoms with E-state index in [0.717, 1.165) is 22.6 Å². The van der Waals surface area contributed by atoms with Crippen molar-refractivity contribution in [2.45, 2.75) is 33.1 Å². The van der Waals surface area contributed by atoms with E-state index in [9.17, 15) is 0 Å². The molecular weight excluding hydrogens is 705 g/mol. The summed E-state index contributed by atoms with van der Waals surface area (Å²) in [6, 6.07) is 62.6. The van der Waals surface area contributed by atoms with Crippen LogP contribution in [0.3, 0.4) is 0 Å². The Kier molecular flexibility index (Phi) is 7.61. The van der Waals surface area contributed by atoms with Crippen molar-refractivity contribution in [3.63, 3.8) is 0 Å². The Labute approximate surface area is 338 Å². The van der Waals surface area contributed by atoms with Gasteiger partial charge < -0.3 is 14.4 Å². The van der Waals surface area contributed by atoms with Crippen LogP contribution in [0.15, 0.2) is 182 Å². The molecule has 4 nitrogen and oxygen atoms in total. The van der Waals surface area contributed by atoms with Gasteiger partial charge in [0.25, 0.3) is 0 Å². The largest absolute Gasteiger partial charge is 0.309 e. The number of nitrogens with zero attached hydrogens (tertiary/aromatic N) is 4. The molecule has 278 valence electrons. The summed E-state index contributed by atoms with van der Waals surface area (Å²) >= 11 is 0. The number of hydrogen-bond acceptors (Lipinski definition) is 3. The molecule has 0 radical (unpaired) electrons. The molecule has 0 N–H and O–H groups in total. The molecule has 0 saturated carbocycles. The van der Waals surface area contributed by atoms with Gasteiger partial charge in [-0.2, -0.15) is 0 Å². The normalized spacial score (nSPS) is 13.3. The van der Waals surface area contributed by atoms with Crippen molar-refractivity contribution in [2.75, 3.05) is 9.80 Å². The van der Waals surface area contributed by atoms with Crippen LogP contribution in [0.1, 0.15) is 36.1 Å². The highest BCUT2D eigenvalue weighted by Crippen LogP contribution is 2.57. The highest BCUT2D eigenvalue weighted by Gasteiger charge is 2.39. The Balaban J connectivity index is 1.28. The van der Waals surface area contributed by atoms with E-state index in [1.54, 1.807) is 0 Å². The van der Waals surface area contributed by atoms with Crippen molar-refractivity contribution in [3.8, 4) is 5.69 Å². The SMILES string of the molecule is Cc1cccc(N(c2cccc(C)c2)c2c3ccccc3c(N3c4ccccc4C(C)(C)c4cc5c6ccccc6n(-c6cccnc6)c5cc43)c3ccccc23)c1. The molecule has 0 spiro atoms. The lowest BCUT2D eigenvalue weighted by Gasteiger charge is -2.43. The van der Waals surface area contributed by atoms with Crippen LogP contribution in [0.5, 0.6) is 0 Å². The van der Waals surface area contributed by atoms with Gasteiger partial charge >= 0.3 is 0 Å². The van der Waals surface area contributed by atoms with Gasteiger partial charge in [-0.15, -0.1) is 0 Å². The van der Waals surface area contributed by atoms with Gasteiger partial charge in [0, 0.05) is 55.3 Å². The van der Waals surface area contributed by atoms with E-state index in [4.69, 9.17) is 0 Å². The van der Waals surface area contributed by atoms with Gasteiger partial charge in [-0.05, 0) is 96.8 Å². The molecule has 0 saturated heterocycles. The van der Waals surface area contributed by atoms with E-state index < -0.39 is 0 Å². The third-order valence-corrected chi connectivity index (χ3v) is 12.3. The van der Waals surface area contributed by atoms with Crippen LogP contribution in [-0.4, -0.2) is 9.55 Å². The molecule has 2 aromatic heterocycles. The summed E-state index contributed by atoms with van der Waals surface area (Å²) in [5.41, 5.74) is 15.1. The molecule has 0 amide bonds. The Hall–Kier alpha value is -7.17. The van der Waals surface area contributed by atoms with Crippen LogP contribution >= 0.6 is 0 Å². The molecule has 4 heteroatoms. The zero-order chi connectivity index (χ0) is 39.1. The van der Waals surface area contributed by atoms with Crippen LogP contribution in [0, 0.1) is 13.8 Å². The van der Waals surface area contributed by atoms with E-state index in [2.05, 4.69) is 211 Å². The fourth-order valence-electron chi connectivity index (χ4n) is 9.67. The van der Waals surface area contributed by atoms with Crippen molar-refractivity contribution >= 4 is 77.5 Å². The van der Waals surface area contributed by atoms with Crippen LogP contribution in [-0.2, 0) is 5.41 Å². The summed E-state index contributed by atoms with van der Waals surface area (Å²) in [4.78, 5) is 9.60. The minimum atomic E-state index is -0.271. The van der Waals surface area contributed by atoms with Gasteiger partial charge in [-0.1, -0.05) is 123 Å². The van der Waals surface area contributed by atoms with Gasteiger partial charge in [-0.3, -0.25) is 4.98 Å². The van der Waals surface area contributed by atoms with Gasteiger partial charge in [-0.25, -0.2) is 0 Å². The fraction of sp³-hybridized carbons (Fsp3) is 0.0926. The molecule has 0 bridgehead atoms. The summed E-state index contributed by atoms with van der Waals surface area (Å²) in [5.74, 6) is 0. The number of rotatable bonds is 5. The second-order valence-electron chi connectivity index (χ2n) is 16.2. The highest BCUT2D eigenvalue weighted by molar-refractivity contribution is 6.24. The molecular formula is C54H42N4. The lowest BCUT2D eigenvalue weighted by molar-refractivity contribution is 0.633. The van der Waals surface area contributed by atoms with Crippen molar-refractivity contribution in [2.24, 2.45) is 0 Å². The third-order valence-electron chi connectivity index (χ3n) is 12.3. The smallest absolute Gasteiger partial charge is 0.0645 e. The van der Waals surface area contributed by atoms with Gasteiger partial charge in [0.2, 0.25) is 0 Å². The van der Waals surface area contributed by atoms with E-state index in [1.807, 2.05) is 18.5 Å². The number of aromatic nitrogens is 2. The summed E-state index contributed by atoms with van der Waals surface area (Å²) in [5, 5.41) is 7.23. The molecule has 1 aliphatic rings. The molecule has 8 aromatic carbocycles. The summed E-state index contributed by atoms with van der Waals surface area (Å²) < 4.78 is 2.38. The second kappa shape index (κ2) is 12.9. The van der Waals surface area contributed by atoms with Gasteiger partial charge in [0.1, 0.15) is 0 Å². The second-order valence-corrected chi connectivity index (χ2v) is 16.2. The van der Waals surface area contributed by atoms with E-state index in [-0.39, 0.29) is 5.41 Å². The summed E-state index contributed by atoms with van der Waals surface area (Å²) in [6.45, 7) is 9.12. The number of benzene rings is 8. The Morgan fingerprint density at radius 2 is 1.09 bits per heavy atom. The maximum atomic E-state index is 4.57. The van der Waals surface area contributed by atoms with Crippen LogP contribution < -0.4 is 9.80 Å². The molecule has 0 aliphatic carbocycles. The zero-order valence-electron chi connectivity index (χ0n) is 33.1. The topological polar surface area (TPSA) is 24.3 Å². The standard InChI is InChI=1S/C54H42N4/c1-35-16-13-18-37(30-35)56(38-19-14-17-36(2)31-38)52-41-22-5-7-24-43(41)53(44-25-8-6-23-42(44)52)58-49-28-12-10-26-46(49)54(3,4)47-32-45-40-21-9-11-27-48(40)57(50(45)33-51(47)58)39-20-15-29-55-34-39/h5-34H,1-4H3. The van der Waals surface area contributed by atoms with Crippen molar-refractivity contribution < 1.29 is 0 Å². The van der Waals surface area contributed by atoms with Gasteiger partial charge in [0.15, 0.2) is 0 Å². The average Bonchev–Trinajstić information content (AvgIpc) is 3.58. The molecule has 10 aromatic rings. The number of hydrogen-bond donors (Lipinski definition) is 0. The molecule has 0 fully saturated rings.